The van der Waals surface area contributed by atoms with Crippen molar-refractivity contribution in [1.29, 1.82) is 0 Å². The van der Waals surface area contributed by atoms with Gasteiger partial charge in [0.05, 0.1) is 11.7 Å². The molecular weight excluding hydrogens is 254 g/mol. The maximum Gasteiger partial charge on any atom is 0.256 e. The van der Waals surface area contributed by atoms with E-state index in [0.29, 0.717) is 17.3 Å². The van der Waals surface area contributed by atoms with Gasteiger partial charge in [0.2, 0.25) is 0 Å². The number of benzene rings is 1. The molecule has 2 heterocycles. The first-order valence-electron chi connectivity index (χ1n) is 6.43. The van der Waals surface area contributed by atoms with Gasteiger partial charge in [-0.25, -0.2) is 0 Å². The van der Waals surface area contributed by atoms with Crippen LogP contribution in [0.15, 0.2) is 30.5 Å². The second kappa shape index (κ2) is 4.80. The highest BCUT2D eigenvalue weighted by Crippen LogP contribution is 2.17. The molecule has 0 aliphatic heterocycles. The van der Waals surface area contributed by atoms with E-state index in [4.69, 9.17) is 0 Å². The molecule has 102 valence electrons. The van der Waals surface area contributed by atoms with Crippen molar-refractivity contribution in [3.05, 3.63) is 41.7 Å². The number of aromatic nitrogens is 4. The summed E-state index contributed by atoms with van der Waals surface area (Å²) in [4.78, 5) is 12.2. The van der Waals surface area contributed by atoms with Crippen molar-refractivity contribution >= 4 is 22.6 Å². The van der Waals surface area contributed by atoms with Crippen molar-refractivity contribution in [3.63, 3.8) is 0 Å². The Kier molecular flexibility index (Phi) is 2.98. The first kappa shape index (κ1) is 12.4. The van der Waals surface area contributed by atoms with E-state index in [0.717, 1.165) is 16.6 Å². The Morgan fingerprint density at radius 3 is 2.85 bits per heavy atom. The smallest absolute Gasteiger partial charge is 0.256 e. The second-order valence-corrected chi connectivity index (χ2v) is 4.99. The summed E-state index contributed by atoms with van der Waals surface area (Å²) in [6.07, 6.45) is 1.69. The maximum atomic E-state index is 12.2. The minimum Gasteiger partial charge on any atom is -0.305 e. The van der Waals surface area contributed by atoms with Gasteiger partial charge >= 0.3 is 0 Å². The lowest BCUT2D eigenvalue weighted by Crippen LogP contribution is -2.11. The van der Waals surface area contributed by atoms with Gasteiger partial charge in [0.25, 0.3) is 5.91 Å². The van der Waals surface area contributed by atoms with Crippen LogP contribution in [0.2, 0.25) is 0 Å². The lowest BCUT2D eigenvalue weighted by Gasteiger charge is -2.01. The minimum atomic E-state index is -0.185. The molecule has 0 unspecified atom stereocenters. The summed E-state index contributed by atoms with van der Waals surface area (Å²) >= 11 is 0. The number of nitrogens with one attached hydrogen (secondary N) is 3. The Morgan fingerprint density at radius 1 is 1.25 bits per heavy atom. The average Bonchev–Trinajstić information content (AvgIpc) is 3.05. The van der Waals surface area contributed by atoms with Crippen LogP contribution in [0.4, 0.5) is 5.82 Å². The number of H-pyrrole nitrogens is 2. The molecule has 0 fully saturated rings. The second-order valence-electron chi connectivity index (χ2n) is 4.99. The van der Waals surface area contributed by atoms with Crippen LogP contribution in [-0.2, 0) is 0 Å². The van der Waals surface area contributed by atoms with Crippen molar-refractivity contribution in [1.82, 2.24) is 20.4 Å². The molecule has 3 N–H and O–H groups in total. The normalized spacial score (nSPS) is 11.2. The van der Waals surface area contributed by atoms with Crippen LogP contribution < -0.4 is 5.32 Å². The Labute approximate surface area is 115 Å². The third-order valence-electron chi connectivity index (χ3n) is 3.16. The monoisotopic (exact) mass is 269 g/mol. The molecule has 0 atom stereocenters. The van der Waals surface area contributed by atoms with Crippen molar-refractivity contribution in [3.8, 4) is 0 Å². The molecule has 20 heavy (non-hydrogen) atoms. The summed E-state index contributed by atoms with van der Waals surface area (Å²) in [7, 11) is 0. The number of aromatic amines is 2. The summed E-state index contributed by atoms with van der Waals surface area (Å²) in [6, 6.07) is 7.23. The zero-order chi connectivity index (χ0) is 14.1. The van der Waals surface area contributed by atoms with E-state index in [1.54, 1.807) is 18.3 Å². The zero-order valence-electron chi connectivity index (χ0n) is 11.3. The predicted octanol–water partition coefficient (Wildman–Crippen LogP) is 2.66. The number of nitrogens with zero attached hydrogens (tertiary/aromatic N) is 2. The molecule has 3 rings (SSSR count). The highest BCUT2D eigenvalue weighted by Gasteiger charge is 2.10. The highest BCUT2D eigenvalue weighted by molar-refractivity contribution is 6.05. The number of rotatable bonds is 3. The largest absolute Gasteiger partial charge is 0.305 e. The molecule has 0 bridgehead atoms. The molecule has 1 amide bonds. The third-order valence-corrected chi connectivity index (χ3v) is 3.16. The van der Waals surface area contributed by atoms with Crippen LogP contribution in [0.1, 0.15) is 35.8 Å². The fourth-order valence-corrected chi connectivity index (χ4v) is 1.97. The van der Waals surface area contributed by atoms with Crippen molar-refractivity contribution in [2.45, 2.75) is 19.8 Å². The van der Waals surface area contributed by atoms with E-state index in [1.165, 1.54) is 0 Å². The Balaban J connectivity index is 1.80. The number of hydrogen-bond acceptors (Lipinski definition) is 3. The topological polar surface area (TPSA) is 86.5 Å². The first-order valence-corrected chi connectivity index (χ1v) is 6.43. The van der Waals surface area contributed by atoms with Crippen molar-refractivity contribution < 1.29 is 4.79 Å². The van der Waals surface area contributed by atoms with Crippen LogP contribution >= 0.6 is 0 Å². The molecule has 1 aromatic carbocycles. The van der Waals surface area contributed by atoms with Crippen LogP contribution in [0.25, 0.3) is 10.9 Å². The van der Waals surface area contributed by atoms with E-state index in [2.05, 4.69) is 39.6 Å². The number of carbonyl (C=O) groups excluding carboxylic acids is 1. The van der Waals surface area contributed by atoms with E-state index in [1.807, 2.05) is 12.1 Å². The molecule has 0 spiro atoms. The number of carbonyl (C=O) groups is 1. The Bertz CT molecular complexity index is 756. The van der Waals surface area contributed by atoms with Gasteiger partial charge in [0.1, 0.15) is 0 Å². The number of amides is 1. The van der Waals surface area contributed by atoms with Gasteiger partial charge in [-0.2, -0.15) is 10.2 Å². The van der Waals surface area contributed by atoms with Crippen LogP contribution in [0, 0.1) is 0 Å². The summed E-state index contributed by atoms with van der Waals surface area (Å²) in [6.45, 7) is 4.12. The van der Waals surface area contributed by atoms with Crippen molar-refractivity contribution in [2.75, 3.05) is 5.32 Å². The van der Waals surface area contributed by atoms with Crippen LogP contribution in [0.3, 0.4) is 0 Å². The number of anilines is 1. The number of hydrogen-bond donors (Lipinski definition) is 3. The van der Waals surface area contributed by atoms with Gasteiger partial charge in [-0.05, 0) is 24.1 Å². The van der Waals surface area contributed by atoms with Crippen LogP contribution in [0.5, 0.6) is 0 Å². The molecule has 3 aromatic rings. The summed E-state index contributed by atoms with van der Waals surface area (Å²) in [5.41, 5.74) is 2.47. The average molecular weight is 269 g/mol. The highest BCUT2D eigenvalue weighted by atomic mass is 16.1. The van der Waals surface area contributed by atoms with E-state index < -0.39 is 0 Å². The Morgan fingerprint density at radius 2 is 2.10 bits per heavy atom. The van der Waals surface area contributed by atoms with Gasteiger partial charge in [-0.1, -0.05) is 13.8 Å². The lowest BCUT2D eigenvalue weighted by molar-refractivity contribution is 0.102. The van der Waals surface area contributed by atoms with Gasteiger partial charge in [0.15, 0.2) is 5.82 Å². The van der Waals surface area contributed by atoms with E-state index >= 15 is 0 Å². The molecule has 0 aliphatic rings. The van der Waals surface area contributed by atoms with Gasteiger partial charge in [-0.15, -0.1) is 0 Å². The molecule has 0 saturated carbocycles. The van der Waals surface area contributed by atoms with E-state index in [-0.39, 0.29) is 5.91 Å². The third kappa shape index (κ3) is 2.27. The molecule has 0 radical (unpaired) electrons. The Hall–Kier alpha value is -2.63. The van der Waals surface area contributed by atoms with Crippen molar-refractivity contribution in [2.24, 2.45) is 0 Å². The summed E-state index contributed by atoms with van der Waals surface area (Å²) in [5.74, 6) is 0.691. The zero-order valence-corrected chi connectivity index (χ0v) is 11.3. The van der Waals surface area contributed by atoms with Gasteiger partial charge in [-0.3, -0.25) is 15.0 Å². The SMILES string of the molecule is CC(C)c1cc(NC(=O)c2ccc3[nH]ncc3c2)n[nH]1. The molecule has 0 saturated heterocycles. The predicted molar refractivity (Wildman–Crippen MR) is 76.7 cm³/mol. The maximum absolute atomic E-state index is 12.2. The fourth-order valence-electron chi connectivity index (χ4n) is 1.97. The first-order chi connectivity index (χ1) is 9.63. The standard InChI is InChI=1S/C14H15N5O/c1-8(2)12-6-13(19-18-12)16-14(20)9-3-4-11-10(5-9)7-15-17-11/h3-8H,1-2H3,(H,15,17)(H2,16,18,19,20). The molecule has 6 heteroatoms. The molecule has 0 aliphatic carbocycles. The summed E-state index contributed by atoms with van der Waals surface area (Å²) in [5, 5.41) is 17.5. The minimum absolute atomic E-state index is 0.185. The van der Waals surface area contributed by atoms with Gasteiger partial charge in [0, 0.05) is 22.7 Å². The summed E-state index contributed by atoms with van der Waals surface area (Å²) < 4.78 is 0. The fraction of sp³-hybridized carbons (Fsp3) is 0.214. The van der Waals surface area contributed by atoms with Crippen LogP contribution in [-0.4, -0.2) is 26.3 Å². The van der Waals surface area contributed by atoms with Gasteiger partial charge < -0.3 is 5.32 Å². The molecule has 6 nitrogen and oxygen atoms in total. The number of fused-ring (bicyclic) bond motifs is 1. The quantitative estimate of drug-likeness (QED) is 0.683. The molecule has 2 aromatic heterocycles. The molecular formula is C14H15N5O. The van der Waals surface area contributed by atoms with E-state index in [9.17, 15) is 4.79 Å². The lowest BCUT2D eigenvalue weighted by atomic mass is 10.1.